The minimum Gasteiger partial charge on any atom is -0.309 e. The molecule has 0 spiro atoms. The second-order valence-electron chi connectivity index (χ2n) is 13.0. The molecule has 0 unspecified atom stereocenters. The number of nitrogens with zero attached hydrogens (tertiary/aromatic N) is 2. The number of hydrogen-bond donors (Lipinski definition) is 0. The van der Waals surface area contributed by atoms with Crippen LogP contribution >= 0.6 is 0 Å². The van der Waals surface area contributed by atoms with E-state index >= 15 is 0 Å². The summed E-state index contributed by atoms with van der Waals surface area (Å²) in [7, 11) is 0. The van der Waals surface area contributed by atoms with E-state index < -0.39 is 0 Å². The summed E-state index contributed by atoms with van der Waals surface area (Å²) in [6.45, 7) is 4.72. The Balaban J connectivity index is 1.41. The van der Waals surface area contributed by atoms with Crippen LogP contribution in [-0.2, 0) is 5.41 Å². The zero-order valence-electron chi connectivity index (χ0n) is 25.3. The third-order valence-electron chi connectivity index (χ3n) is 10.3. The molecule has 2 aromatic heterocycles. The number of benzene rings is 7. The smallest absolute Gasteiger partial charge is 0.0641 e. The van der Waals surface area contributed by atoms with E-state index in [-0.39, 0.29) is 5.41 Å². The number of hydrogen-bond acceptors (Lipinski definition) is 0. The minimum absolute atomic E-state index is 0.0598. The Hall–Kier alpha value is -5.60. The van der Waals surface area contributed by atoms with Crippen LogP contribution in [0, 0.1) is 0 Å². The topological polar surface area (TPSA) is 9.86 Å². The van der Waals surface area contributed by atoms with Crippen molar-refractivity contribution in [3.63, 3.8) is 0 Å². The Morgan fingerprint density at radius 3 is 2.04 bits per heavy atom. The molecule has 2 heterocycles. The van der Waals surface area contributed by atoms with Gasteiger partial charge in [-0.15, -0.1) is 0 Å². The second-order valence-corrected chi connectivity index (χ2v) is 13.0. The molecule has 2 heteroatoms. The van der Waals surface area contributed by atoms with E-state index in [1.165, 1.54) is 88.0 Å². The Morgan fingerprint density at radius 2 is 1.18 bits per heavy atom. The van der Waals surface area contributed by atoms with Crippen molar-refractivity contribution in [3.8, 4) is 22.5 Å². The summed E-state index contributed by atoms with van der Waals surface area (Å²) in [6.07, 6.45) is 0. The largest absolute Gasteiger partial charge is 0.309 e. The molecule has 0 amide bonds. The summed E-state index contributed by atoms with van der Waals surface area (Å²) in [5.74, 6) is 0. The Labute approximate surface area is 261 Å². The highest BCUT2D eigenvalue weighted by atomic mass is 15.0. The predicted molar refractivity (Wildman–Crippen MR) is 190 cm³/mol. The summed E-state index contributed by atoms with van der Waals surface area (Å²) < 4.78 is 5.01. The molecule has 0 saturated heterocycles. The number of fused-ring (bicyclic) bond motifs is 11. The van der Waals surface area contributed by atoms with E-state index in [1.807, 2.05) is 0 Å². The Kier molecular flexibility index (Phi) is 4.82. The van der Waals surface area contributed by atoms with E-state index in [4.69, 9.17) is 0 Å². The van der Waals surface area contributed by atoms with Crippen LogP contribution in [0.25, 0.3) is 76.9 Å². The summed E-state index contributed by atoms with van der Waals surface area (Å²) >= 11 is 0. The highest BCUT2D eigenvalue weighted by molar-refractivity contribution is 6.27. The molecular weight excluding hydrogens is 544 g/mol. The highest BCUT2D eigenvalue weighted by Gasteiger charge is 2.37. The number of rotatable bonds is 2. The van der Waals surface area contributed by atoms with Crippen molar-refractivity contribution in [1.29, 1.82) is 0 Å². The van der Waals surface area contributed by atoms with Crippen LogP contribution < -0.4 is 0 Å². The molecule has 2 nitrogen and oxygen atoms in total. The second kappa shape index (κ2) is 8.74. The van der Waals surface area contributed by atoms with Crippen molar-refractivity contribution in [3.05, 3.63) is 157 Å². The number of para-hydroxylation sites is 2. The molecular formula is C43H30N2. The van der Waals surface area contributed by atoms with E-state index in [2.05, 4.69) is 169 Å². The first-order valence-electron chi connectivity index (χ1n) is 15.8. The summed E-state index contributed by atoms with van der Waals surface area (Å²) in [6, 6.07) is 53.8. The van der Waals surface area contributed by atoms with Gasteiger partial charge in [0.2, 0.25) is 0 Å². The Morgan fingerprint density at radius 1 is 0.467 bits per heavy atom. The molecule has 1 aliphatic carbocycles. The molecule has 10 rings (SSSR count). The van der Waals surface area contributed by atoms with Gasteiger partial charge in [-0.05, 0) is 69.9 Å². The lowest BCUT2D eigenvalue weighted by molar-refractivity contribution is 0.660. The van der Waals surface area contributed by atoms with E-state index in [1.54, 1.807) is 0 Å². The zero-order valence-corrected chi connectivity index (χ0v) is 25.3. The van der Waals surface area contributed by atoms with E-state index in [9.17, 15) is 0 Å². The molecule has 45 heavy (non-hydrogen) atoms. The molecule has 0 bridgehead atoms. The van der Waals surface area contributed by atoms with Crippen LogP contribution in [0.2, 0.25) is 0 Å². The average molecular weight is 575 g/mol. The quantitative estimate of drug-likeness (QED) is 0.194. The highest BCUT2D eigenvalue weighted by Crippen LogP contribution is 2.52. The normalized spacial score (nSPS) is 13.7. The van der Waals surface area contributed by atoms with Crippen molar-refractivity contribution < 1.29 is 0 Å². The molecule has 0 N–H and O–H groups in total. The number of aromatic nitrogens is 2. The first kappa shape index (κ1) is 24.8. The molecule has 1 aliphatic rings. The molecule has 0 aliphatic heterocycles. The fourth-order valence-electron chi connectivity index (χ4n) is 8.27. The standard InChI is InChI=1S/C43H30N2/c1-43(2)34-19-10-8-17-31(34)40-35(43)20-12-22-37(40)45-36-21-11-9-18-32(36)41-38(45)24-23-30-33-25-27-13-6-7-14-28(27)26-39(33)44(42(30)41)29-15-4-3-5-16-29/h3-26H,1-2H3. The predicted octanol–water partition coefficient (Wildman–Crippen LogP) is 11.3. The van der Waals surface area contributed by atoms with Crippen LogP contribution in [0.15, 0.2) is 146 Å². The molecule has 212 valence electrons. The van der Waals surface area contributed by atoms with Crippen molar-refractivity contribution >= 4 is 54.4 Å². The SMILES string of the molecule is CC1(C)c2ccccc2-c2c(-n3c4ccccc4c4c3ccc3c5cc6ccccc6cc5n(-c5ccccc5)c34)cccc21. The van der Waals surface area contributed by atoms with Crippen LogP contribution in [0.4, 0.5) is 0 Å². The fourth-order valence-corrected chi connectivity index (χ4v) is 8.27. The van der Waals surface area contributed by atoms with Gasteiger partial charge in [0, 0.05) is 38.2 Å². The van der Waals surface area contributed by atoms with Gasteiger partial charge in [-0.2, -0.15) is 0 Å². The molecule has 0 atom stereocenters. The van der Waals surface area contributed by atoms with Crippen molar-refractivity contribution in [2.24, 2.45) is 0 Å². The van der Waals surface area contributed by atoms with Gasteiger partial charge in [0.15, 0.2) is 0 Å². The Bertz CT molecular complexity index is 2670. The van der Waals surface area contributed by atoms with Crippen molar-refractivity contribution in [1.82, 2.24) is 9.13 Å². The van der Waals surface area contributed by atoms with Gasteiger partial charge in [0.25, 0.3) is 0 Å². The third kappa shape index (κ3) is 3.18. The first-order chi connectivity index (χ1) is 22.1. The van der Waals surface area contributed by atoms with Crippen LogP contribution in [0.3, 0.4) is 0 Å². The van der Waals surface area contributed by atoms with Crippen LogP contribution in [-0.4, -0.2) is 9.13 Å². The molecule has 9 aromatic rings. The van der Waals surface area contributed by atoms with Gasteiger partial charge in [0.1, 0.15) is 0 Å². The van der Waals surface area contributed by atoms with Crippen molar-refractivity contribution in [2.75, 3.05) is 0 Å². The minimum atomic E-state index is -0.0598. The van der Waals surface area contributed by atoms with E-state index in [0.29, 0.717) is 0 Å². The van der Waals surface area contributed by atoms with Gasteiger partial charge in [-0.1, -0.05) is 117 Å². The van der Waals surface area contributed by atoms with Gasteiger partial charge in [-0.25, -0.2) is 0 Å². The molecule has 0 radical (unpaired) electrons. The van der Waals surface area contributed by atoms with Gasteiger partial charge in [0.05, 0.1) is 27.8 Å². The fraction of sp³-hybridized carbons (Fsp3) is 0.0698. The lowest BCUT2D eigenvalue weighted by Crippen LogP contribution is -2.14. The molecule has 0 fully saturated rings. The van der Waals surface area contributed by atoms with E-state index in [0.717, 1.165) is 0 Å². The molecule has 7 aromatic carbocycles. The van der Waals surface area contributed by atoms with Gasteiger partial charge < -0.3 is 9.13 Å². The lowest BCUT2D eigenvalue weighted by atomic mass is 9.82. The zero-order chi connectivity index (χ0) is 29.9. The maximum atomic E-state index is 2.52. The third-order valence-corrected chi connectivity index (χ3v) is 10.3. The average Bonchev–Trinajstić information content (AvgIpc) is 3.67. The first-order valence-corrected chi connectivity index (χ1v) is 15.8. The van der Waals surface area contributed by atoms with Gasteiger partial charge >= 0.3 is 0 Å². The monoisotopic (exact) mass is 574 g/mol. The molecule has 0 saturated carbocycles. The summed E-state index contributed by atoms with van der Waals surface area (Å²) in [4.78, 5) is 0. The lowest BCUT2D eigenvalue weighted by Gasteiger charge is -2.21. The summed E-state index contributed by atoms with van der Waals surface area (Å²) in [5, 5.41) is 7.63. The summed E-state index contributed by atoms with van der Waals surface area (Å²) in [5.41, 5.74) is 12.8. The van der Waals surface area contributed by atoms with Crippen LogP contribution in [0.1, 0.15) is 25.0 Å². The van der Waals surface area contributed by atoms with Crippen molar-refractivity contribution in [2.45, 2.75) is 19.3 Å². The van der Waals surface area contributed by atoms with Gasteiger partial charge in [-0.3, -0.25) is 0 Å². The maximum Gasteiger partial charge on any atom is 0.0641 e. The van der Waals surface area contributed by atoms with Crippen LogP contribution in [0.5, 0.6) is 0 Å². The maximum absolute atomic E-state index is 2.52.